The Morgan fingerprint density at radius 1 is 1.06 bits per heavy atom. The van der Waals surface area contributed by atoms with Crippen LogP contribution in [0.15, 0.2) is 42.5 Å². The van der Waals surface area contributed by atoms with Crippen molar-refractivity contribution in [2.75, 3.05) is 47.3 Å². The average molecular weight is 498 g/mol. The van der Waals surface area contributed by atoms with E-state index < -0.39 is 6.04 Å². The number of piperidine rings is 1. The Kier molecular flexibility index (Phi) is 8.27. The molecule has 10 heteroatoms. The van der Waals surface area contributed by atoms with Gasteiger partial charge in [0.25, 0.3) is 11.8 Å². The Morgan fingerprint density at radius 3 is 2.56 bits per heavy atom. The summed E-state index contributed by atoms with van der Waals surface area (Å²) < 4.78 is 21.0. The summed E-state index contributed by atoms with van der Waals surface area (Å²) in [5, 5.41) is 5.74. The van der Waals surface area contributed by atoms with Crippen molar-refractivity contribution >= 4 is 17.7 Å². The Morgan fingerprint density at radius 2 is 1.81 bits per heavy atom. The van der Waals surface area contributed by atoms with Gasteiger partial charge in [0.05, 0.1) is 19.3 Å². The van der Waals surface area contributed by atoms with Crippen LogP contribution in [0.3, 0.4) is 0 Å². The fourth-order valence-corrected chi connectivity index (χ4v) is 4.47. The van der Waals surface area contributed by atoms with E-state index in [-0.39, 0.29) is 30.4 Å². The van der Waals surface area contributed by atoms with Gasteiger partial charge in [0.15, 0.2) is 11.5 Å². The average Bonchev–Trinajstić information content (AvgIpc) is 3.39. The Labute approximate surface area is 209 Å². The van der Waals surface area contributed by atoms with Crippen LogP contribution in [0.5, 0.6) is 17.2 Å². The van der Waals surface area contributed by atoms with Gasteiger partial charge in [0, 0.05) is 32.3 Å². The minimum Gasteiger partial charge on any atom is -0.496 e. The summed E-state index contributed by atoms with van der Waals surface area (Å²) >= 11 is 0. The highest BCUT2D eigenvalue weighted by atomic mass is 16.7. The summed E-state index contributed by atoms with van der Waals surface area (Å²) in [7, 11) is 3.09. The molecule has 2 N–H and O–H groups in total. The molecule has 2 aromatic carbocycles. The normalized spacial score (nSPS) is 15.8. The Hall–Kier alpha value is -3.79. The minimum atomic E-state index is -0.761. The molecule has 0 radical (unpaired) electrons. The van der Waals surface area contributed by atoms with Crippen LogP contribution in [0.2, 0.25) is 0 Å². The predicted molar refractivity (Wildman–Crippen MR) is 130 cm³/mol. The summed E-state index contributed by atoms with van der Waals surface area (Å²) in [6.45, 7) is 1.72. The summed E-state index contributed by atoms with van der Waals surface area (Å²) in [6, 6.07) is 11.3. The maximum Gasteiger partial charge on any atom is 0.257 e. The third-order valence-electron chi connectivity index (χ3n) is 6.44. The monoisotopic (exact) mass is 497 g/mol. The molecule has 0 aromatic heterocycles. The molecule has 1 atom stereocenters. The third kappa shape index (κ3) is 5.71. The van der Waals surface area contributed by atoms with E-state index in [0.29, 0.717) is 67.5 Å². The lowest BCUT2D eigenvalue weighted by Gasteiger charge is -2.36. The molecule has 10 nitrogen and oxygen atoms in total. The molecular formula is C26H31N3O7. The van der Waals surface area contributed by atoms with Crippen LogP contribution in [-0.2, 0) is 9.53 Å². The van der Waals surface area contributed by atoms with Gasteiger partial charge in [-0.1, -0.05) is 12.1 Å². The van der Waals surface area contributed by atoms with Crippen molar-refractivity contribution in [3.8, 4) is 17.2 Å². The van der Waals surface area contributed by atoms with Crippen LogP contribution < -0.4 is 24.8 Å². The first kappa shape index (κ1) is 25.3. The molecule has 1 saturated heterocycles. The third-order valence-corrected chi connectivity index (χ3v) is 6.44. The van der Waals surface area contributed by atoms with Gasteiger partial charge in [-0.3, -0.25) is 14.4 Å². The molecule has 2 aliphatic rings. The van der Waals surface area contributed by atoms with Crippen molar-refractivity contribution in [2.24, 2.45) is 5.92 Å². The van der Waals surface area contributed by atoms with Gasteiger partial charge in [-0.15, -0.1) is 0 Å². The quantitative estimate of drug-likeness (QED) is 0.508. The first-order valence-electron chi connectivity index (χ1n) is 11.9. The first-order chi connectivity index (χ1) is 17.5. The van der Waals surface area contributed by atoms with E-state index in [9.17, 15) is 14.4 Å². The molecule has 0 aliphatic carbocycles. The number of fused-ring (bicyclic) bond motifs is 1. The number of rotatable bonds is 9. The van der Waals surface area contributed by atoms with E-state index in [1.54, 1.807) is 48.4 Å². The second-order valence-electron chi connectivity index (χ2n) is 8.63. The lowest BCUT2D eigenvalue weighted by atomic mass is 9.88. The molecule has 2 aliphatic heterocycles. The number of hydrogen-bond donors (Lipinski definition) is 2. The first-order valence-corrected chi connectivity index (χ1v) is 11.9. The van der Waals surface area contributed by atoms with E-state index in [4.69, 9.17) is 18.9 Å². The topological polar surface area (TPSA) is 115 Å². The lowest BCUT2D eigenvalue weighted by Crippen LogP contribution is -2.54. The molecule has 192 valence electrons. The van der Waals surface area contributed by atoms with Crippen molar-refractivity contribution < 1.29 is 33.3 Å². The fraction of sp³-hybridized carbons (Fsp3) is 0.423. The van der Waals surface area contributed by atoms with Gasteiger partial charge in [-0.25, -0.2) is 0 Å². The molecule has 36 heavy (non-hydrogen) atoms. The zero-order chi connectivity index (χ0) is 25.5. The molecule has 2 aromatic rings. The standard InChI is InChI=1S/C26H31N3O7/c1-33-14-11-27-25(31)23(28-24(30)18-7-8-21-22(15-18)36-16-35-21)17-9-12-29(13-10-17)26(32)19-5-3-4-6-20(19)34-2/h3-8,15,17,23H,9-14,16H2,1-2H3,(H,27,31)(H,28,30)/t23-/m1/s1. The number of carbonyl (C=O) groups excluding carboxylic acids is 3. The lowest BCUT2D eigenvalue weighted by molar-refractivity contribution is -0.124. The maximum atomic E-state index is 13.1. The fourth-order valence-electron chi connectivity index (χ4n) is 4.47. The van der Waals surface area contributed by atoms with Crippen LogP contribution in [0.1, 0.15) is 33.6 Å². The Bertz CT molecular complexity index is 1100. The van der Waals surface area contributed by atoms with Gasteiger partial charge in [-0.05, 0) is 49.1 Å². The number of nitrogens with zero attached hydrogens (tertiary/aromatic N) is 1. The van der Waals surface area contributed by atoms with Gasteiger partial charge >= 0.3 is 0 Å². The highest BCUT2D eigenvalue weighted by Crippen LogP contribution is 2.32. The van der Waals surface area contributed by atoms with Gasteiger partial charge < -0.3 is 34.5 Å². The van der Waals surface area contributed by atoms with Crippen LogP contribution in [0.4, 0.5) is 0 Å². The molecule has 2 heterocycles. The number of benzene rings is 2. The van der Waals surface area contributed by atoms with Crippen LogP contribution >= 0.6 is 0 Å². The zero-order valence-corrected chi connectivity index (χ0v) is 20.5. The van der Waals surface area contributed by atoms with Gasteiger partial charge in [0.2, 0.25) is 12.7 Å². The number of para-hydroxylation sites is 1. The van der Waals surface area contributed by atoms with E-state index in [2.05, 4.69) is 10.6 Å². The van der Waals surface area contributed by atoms with E-state index in [1.807, 2.05) is 6.07 Å². The SMILES string of the molecule is COCCNC(=O)[C@H](NC(=O)c1ccc2c(c1)OCO2)C1CCN(C(=O)c2ccccc2OC)CC1. The number of hydrogen-bond acceptors (Lipinski definition) is 7. The molecule has 4 rings (SSSR count). The van der Waals surface area contributed by atoms with E-state index in [1.165, 1.54) is 7.11 Å². The van der Waals surface area contributed by atoms with Crippen molar-refractivity contribution in [3.05, 3.63) is 53.6 Å². The predicted octanol–water partition coefficient (Wildman–Crippen LogP) is 1.84. The van der Waals surface area contributed by atoms with Crippen LogP contribution in [0, 0.1) is 5.92 Å². The van der Waals surface area contributed by atoms with Crippen LogP contribution in [0.25, 0.3) is 0 Å². The van der Waals surface area contributed by atoms with Crippen molar-refractivity contribution in [3.63, 3.8) is 0 Å². The smallest absolute Gasteiger partial charge is 0.257 e. The maximum absolute atomic E-state index is 13.1. The number of ether oxygens (including phenoxy) is 4. The van der Waals surface area contributed by atoms with Crippen molar-refractivity contribution in [1.29, 1.82) is 0 Å². The molecule has 3 amide bonds. The second-order valence-corrected chi connectivity index (χ2v) is 8.63. The van der Waals surface area contributed by atoms with Gasteiger partial charge in [0.1, 0.15) is 11.8 Å². The highest BCUT2D eigenvalue weighted by molar-refractivity contribution is 5.98. The Balaban J connectivity index is 1.44. The molecule has 0 unspecified atom stereocenters. The minimum absolute atomic E-state index is 0.108. The molecule has 0 spiro atoms. The summed E-state index contributed by atoms with van der Waals surface area (Å²) in [4.78, 5) is 41.0. The summed E-state index contributed by atoms with van der Waals surface area (Å²) in [6.07, 6.45) is 1.12. The van der Waals surface area contributed by atoms with Crippen molar-refractivity contribution in [1.82, 2.24) is 15.5 Å². The molecule has 0 saturated carbocycles. The molecular weight excluding hydrogens is 466 g/mol. The number of carbonyl (C=O) groups is 3. The van der Waals surface area contributed by atoms with Crippen LogP contribution in [-0.4, -0.2) is 75.9 Å². The summed E-state index contributed by atoms with van der Waals surface area (Å²) in [5.41, 5.74) is 0.876. The number of nitrogens with one attached hydrogen (secondary N) is 2. The second kappa shape index (κ2) is 11.8. The van der Waals surface area contributed by atoms with Gasteiger partial charge in [-0.2, -0.15) is 0 Å². The number of likely N-dealkylation sites (tertiary alicyclic amines) is 1. The highest BCUT2D eigenvalue weighted by Gasteiger charge is 2.34. The zero-order valence-electron chi connectivity index (χ0n) is 20.5. The number of amides is 3. The van der Waals surface area contributed by atoms with E-state index >= 15 is 0 Å². The molecule has 0 bridgehead atoms. The number of methoxy groups -OCH3 is 2. The van der Waals surface area contributed by atoms with Crippen molar-refractivity contribution in [2.45, 2.75) is 18.9 Å². The summed E-state index contributed by atoms with van der Waals surface area (Å²) in [5.74, 6) is 0.669. The van der Waals surface area contributed by atoms with E-state index in [0.717, 1.165) is 0 Å². The largest absolute Gasteiger partial charge is 0.496 e. The molecule has 1 fully saturated rings.